The highest BCUT2D eigenvalue weighted by atomic mass is 32.2. The lowest BCUT2D eigenvalue weighted by molar-refractivity contribution is 0.265. The van der Waals surface area contributed by atoms with Gasteiger partial charge < -0.3 is 5.11 Å². The minimum Gasteiger partial charge on any atom is -0.395 e. The highest BCUT2D eigenvalue weighted by Gasteiger charge is 2.24. The average Bonchev–Trinajstić information content (AvgIpc) is 2.26. The van der Waals surface area contributed by atoms with Gasteiger partial charge in [-0.2, -0.15) is 0 Å². The summed E-state index contributed by atoms with van der Waals surface area (Å²) in [6, 6.07) is 2.44. The number of rotatable bonds is 5. The summed E-state index contributed by atoms with van der Waals surface area (Å²) in [6.07, 6.45) is 0. The van der Waals surface area contributed by atoms with Gasteiger partial charge in [-0.25, -0.2) is 13.1 Å². The summed E-state index contributed by atoms with van der Waals surface area (Å²) in [4.78, 5) is 10.6. The topological polar surface area (TPSA) is 95.8 Å². The van der Waals surface area contributed by atoms with Crippen molar-refractivity contribution >= 4 is 15.7 Å². The van der Waals surface area contributed by atoms with Crippen LogP contribution in [-0.2, 0) is 10.0 Å². The second-order valence-electron chi connectivity index (χ2n) is 4.23. The Kier molecular flexibility index (Phi) is 4.55. The maximum atomic E-state index is 12.1. The van der Waals surface area contributed by atoms with Gasteiger partial charge in [-0.3, -0.25) is 0 Å². The van der Waals surface area contributed by atoms with Gasteiger partial charge in [0, 0.05) is 6.04 Å². The minimum atomic E-state index is -3.87. The van der Waals surface area contributed by atoms with Crippen molar-refractivity contribution in [2.45, 2.75) is 31.7 Å². The lowest BCUT2D eigenvalue weighted by Gasteiger charge is -2.14. The van der Waals surface area contributed by atoms with Crippen molar-refractivity contribution in [2.24, 2.45) is 5.18 Å². The molecule has 0 aliphatic rings. The number of aliphatic hydroxyl groups is 1. The third kappa shape index (κ3) is 3.12. The Hall–Kier alpha value is -1.31. The van der Waals surface area contributed by atoms with E-state index in [4.69, 9.17) is 5.11 Å². The highest BCUT2D eigenvalue weighted by Crippen LogP contribution is 2.29. The van der Waals surface area contributed by atoms with E-state index in [1.54, 1.807) is 19.9 Å². The Bertz CT molecular complexity index is 554. The van der Waals surface area contributed by atoms with Crippen molar-refractivity contribution in [2.75, 3.05) is 6.61 Å². The summed E-state index contributed by atoms with van der Waals surface area (Å²) in [5, 5.41) is 11.6. The molecule has 6 nitrogen and oxygen atoms in total. The minimum absolute atomic E-state index is 0.120. The number of sulfonamides is 1. The normalized spacial score (nSPS) is 13.3. The SMILES string of the molecule is Cc1cc(C)c(S(=O)(=O)N[C@@H](C)CO)c(N=O)c1. The van der Waals surface area contributed by atoms with Crippen molar-refractivity contribution in [3.8, 4) is 0 Å². The second-order valence-corrected chi connectivity index (χ2v) is 5.88. The summed E-state index contributed by atoms with van der Waals surface area (Å²) < 4.78 is 26.5. The average molecular weight is 272 g/mol. The zero-order valence-corrected chi connectivity index (χ0v) is 11.3. The van der Waals surface area contributed by atoms with E-state index in [9.17, 15) is 13.3 Å². The van der Waals surface area contributed by atoms with E-state index in [0.29, 0.717) is 5.56 Å². The van der Waals surface area contributed by atoms with Gasteiger partial charge in [0.15, 0.2) is 0 Å². The Morgan fingerprint density at radius 1 is 1.39 bits per heavy atom. The van der Waals surface area contributed by atoms with E-state index in [0.717, 1.165) is 5.56 Å². The molecule has 0 unspecified atom stereocenters. The van der Waals surface area contributed by atoms with Crippen LogP contribution >= 0.6 is 0 Å². The summed E-state index contributed by atoms with van der Waals surface area (Å²) in [5.74, 6) is 0. The summed E-state index contributed by atoms with van der Waals surface area (Å²) in [6.45, 7) is 4.55. The zero-order valence-electron chi connectivity index (χ0n) is 10.5. The molecule has 0 saturated carbocycles. The molecule has 0 saturated heterocycles. The number of benzene rings is 1. The number of nitrogens with zero attached hydrogens (tertiary/aromatic N) is 1. The lowest BCUT2D eigenvalue weighted by atomic mass is 10.1. The molecule has 7 heteroatoms. The molecule has 100 valence electrons. The van der Waals surface area contributed by atoms with Gasteiger partial charge in [-0.05, 0) is 43.1 Å². The van der Waals surface area contributed by atoms with Gasteiger partial charge in [-0.15, -0.1) is 4.91 Å². The fourth-order valence-corrected chi connectivity index (χ4v) is 3.29. The van der Waals surface area contributed by atoms with Crippen LogP contribution in [0.2, 0.25) is 0 Å². The van der Waals surface area contributed by atoms with E-state index >= 15 is 0 Å². The maximum absolute atomic E-state index is 12.1. The van der Waals surface area contributed by atoms with Crippen LogP contribution in [0.3, 0.4) is 0 Å². The summed E-state index contributed by atoms with van der Waals surface area (Å²) in [7, 11) is -3.87. The van der Waals surface area contributed by atoms with Gasteiger partial charge in [0.25, 0.3) is 0 Å². The van der Waals surface area contributed by atoms with Crippen LogP contribution in [-0.4, -0.2) is 26.2 Å². The molecule has 18 heavy (non-hydrogen) atoms. The standard InChI is InChI=1S/C11H16N2O4S/c1-7-4-8(2)11(10(5-7)12-15)18(16,17)13-9(3)6-14/h4-5,9,13-14H,6H2,1-3H3/t9-/m0/s1. The molecule has 0 fully saturated rings. The maximum Gasteiger partial charge on any atom is 0.243 e. The number of hydrogen-bond donors (Lipinski definition) is 2. The van der Waals surface area contributed by atoms with E-state index < -0.39 is 16.1 Å². The molecule has 0 spiro atoms. The molecular formula is C11H16N2O4S. The Labute approximate surface area is 106 Å². The predicted molar refractivity (Wildman–Crippen MR) is 68.2 cm³/mol. The van der Waals surface area contributed by atoms with Crippen LogP contribution in [0.5, 0.6) is 0 Å². The van der Waals surface area contributed by atoms with Gasteiger partial charge in [0.2, 0.25) is 10.0 Å². The largest absolute Gasteiger partial charge is 0.395 e. The zero-order chi connectivity index (χ0) is 13.9. The van der Waals surface area contributed by atoms with Crippen molar-refractivity contribution in [1.29, 1.82) is 0 Å². The van der Waals surface area contributed by atoms with E-state index in [-0.39, 0.29) is 17.2 Å². The third-order valence-corrected chi connectivity index (χ3v) is 4.18. The van der Waals surface area contributed by atoms with Crippen molar-refractivity contribution in [3.05, 3.63) is 28.2 Å². The number of nitroso groups, excluding NO2 is 1. The first kappa shape index (κ1) is 14.7. The molecule has 0 bridgehead atoms. The molecule has 0 aromatic heterocycles. The first-order valence-electron chi connectivity index (χ1n) is 5.39. The molecule has 0 aliphatic heterocycles. The van der Waals surface area contributed by atoms with Crippen molar-refractivity contribution < 1.29 is 13.5 Å². The molecule has 1 atom stereocenters. The molecule has 0 radical (unpaired) electrons. The first-order chi connectivity index (χ1) is 8.31. The summed E-state index contributed by atoms with van der Waals surface area (Å²) >= 11 is 0. The molecule has 0 heterocycles. The van der Waals surface area contributed by atoms with Crippen LogP contribution in [0.1, 0.15) is 18.1 Å². The number of aliphatic hydroxyl groups excluding tert-OH is 1. The number of nitrogens with one attached hydrogen (secondary N) is 1. The molecule has 0 amide bonds. The fraction of sp³-hybridized carbons (Fsp3) is 0.455. The Balaban J connectivity index is 3.36. The molecule has 0 aliphatic carbocycles. The van der Waals surface area contributed by atoms with Gasteiger partial charge in [0.1, 0.15) is 10.6 Å². The van der Waals surface area contributed by atoms with Crippen LogP contribution in [0, 0.1) is 18.8 Å². The highest BCUT2D eigenvalue weighted by molar-refractivity contribution is 7.89. The molecule has 1 rings (SSSR count). The number of aryl methyl sites for hydroxylation is 2. The van der Waals surface area contributed by atoms with Gasteiger partial charge in [0.05, 0.1) is 6.61 Å². The smallest absolute Gasteiger partial charge is 0.243 e. The monoisotopic (exact) mass is 272 g/mol. The van der Waals surface area contributed by atoms with Gasteiger partial charge >= 0.3 is 0 Å². The molecule has 1 aromatic rings. The van der Waals surface area contributed by atoms with Crippen LogP contribution in [0.25, 0.3) is 0 Å². The van der Waals surface area contributed by atoms with Crippen LogP contribution in [0.15, 0.2) is 22.2 Å². The summed E-state index contributed by atoms with van der Waals surface area (Å²) in [5.41, 5.74) is 1.09. The lowest BCUT2D eigenvalue weighted by Crippen LogP contribution is -2.35. The van der Waals surface area contributed by atoms with Gasteiger partial charge in [-0.1, -0.05) is 6.07 Å². The molecule has 1 aromatic carbocycles. The second kappa shape index (κ2) is 5.55. The Morgan fingerprint density at radius 3 is 2.50 bits per heavy atom. The van der Waals surface area contributed by atoms with Crippen LogP contribution < -0.4 is 4.72 Å². The Morgan fingerprint density at radius 2 is 2.00 bits per heavy atom. The predicted octanol–water partition coefficient (Wildman–Crippen LogP) is 1.36. The van der Waals surface area contributed by atoms with Crippen molar-refractivity contribution in [1.82, 2.24) is 4.72 Å². The van der Waals surface area contributed by atoms with Crippen LogP contribution in [0.4, 0.5) is 5.69 Å². The van der Waals surface area contributed by atoms with E-state index in [1.807, 2.05) is 0 Å². The van der Waals surface area contributed by atoms with Crippen molar-refractivity contribution in [3.63, 3.8) is 0 Å². The van der Waals surface area contributed by atoms with E-state index in [1.165, 1.54) is 13.0 Å². The van der Waals surface area contributed by atoms with E-state index in [2.05, 4.69) is 9.90 Å². The first-order valence-corrected chi connectivity index (χ1v) is 6.88. The number of hydrogen-bond acceptors (Lipinski definition) is 5. The molecule has 2 N–H and O–H groups in total. The fourth-order valence-electron chi connectivity index (χ4n) is 1.71. The molecular weight excluding hydrogens is 256 g/mol. The quantitative estimate of drug-likeness (QED) is 0.791. The third-order valence-electron chi connectivity index (χ3n) is 2.40.